The number of benzene rings is 1. The van der Waals surface area contributed by atoms with E-state index in [2.05, 4.69) is 32.4 Å². The number of ether oxygens (including phenoxy) is 1. The maximum Gasteiger partial charge on any atom is 0.346 e. The molecule has 6 N–H and O–H groups in total. The lowest BCUT2D eigenvalue weighted by atomic mass is 10.0. The Morgan fingerprint density at radius 1 is 0.556 bits per heavy atom. The van der Waals surface area contributed by atoms with Crippen LogP contribution in [0, 0.1) is 11.8 Å². The predicted molar refractivity (Wildman–Crippen MR) is 174 cm³/mol. The standard InChI is InChI=1S/C10H22O.C8H4O3.C8H18O.C6H10O4.C2H6O2/c1-10(2)8-6-4-3-5-7-9-11;9-7-5-3-1-2-4-6(5)8(10)11-7;1-8(2)6-4-3-5-7-9;7-5(8)3-1-2-4-6(9)10;3-1-2-4/h10-11H,3-9H2,1-2H3;1-4H;8-9H,3-7H2,1-2H3;1-4H2,(H,7,8)(H,9,10);3-4H,1-2H2. The fourth-order valence-corrected chi connectivity index (χ4v) is 3.62. The van der Waals surface area contributed by atoms with E-state index in [0.29, 0.717) is 37.2 Å². The molecular formula is C34H60O11. The van der Waals surface area contributed by atoms with Gasteiger partial charge in [-0.15, -0.1) is 0 Å². The fourth-order valence-electron chi connectivity index (χ4n) is 3.62. The zero-order valence-electron chi connectivity index (χ0n) is 27.9. The van der Waals surface area contributed by atoms with E-state index < -0.39 is 23.9 Å². The lowest BCUT2D eigenvalue weighted by Crippen LogP contribution is -1.97. The third-order valence-corrected chi connectivity index (χ3v) is 6.06. The van der Waals surface area contributed by atoms with Crippen LogP contribution >= 0.6 is 0 Å². The molecule has 0 saturated heterocycles. The zero-order chi connectivity index (χ0) is 34.9. The molecule has 0 unspecified atom stereocenters. The largest absolute Gasteiger partial charge is 0.481 e. The van der Waals surface area contributed by atoms with Crippen LogP contribution in [-0.4, -0.2) is 80.9 Å². The van der Waals surface area contributed by atoms with Gasteiger partial charge in [0.1, 0.15) is 0 Å². The van der Waals surface area contributed by atoms with Crippen LogP contribution in [0.25, 0.3) is 0 Å². The van der Waals surface area contributed by atoms with E-state index >= 15 is 0 Å². The summed E-state index contributed by atoms with van der Waals surface area (Å²) < 4.78 is 4.35. The van der Waals surface area contributed by atoms with Crippen LogP contribution in [0.5, 0.6) is 0 Å². The summed E-state index contributed by atoms with van der Waals surface area (Å²) in [5.74, 6) is -1.16. The van der Waals surface area contributed by atoms with E-state index in [1.54, 1.807) is 24.3 Å². The van der Waals surface area contributed by atoms with Gasteiger partial charge in [0.05, 0.1) is 24.3 Å². The highest BCUT2D eigenvalue weighted by Crippen LogP contribution is 2.18. The molecule has 262 valence electrons. The van der Waals surface area contributed by atoms with Crippen molar-refractivity contribution in [2.24, 2.45) is 11.8 Å². The van der Waals surface area contributed by atoms with Gasteiger partial charge in [-0.25, -0.2) is 9.59 Å². The summed E-state index contributed by atoms with van der Waals surface area (Å²) in [5.41, 5.74) is 0.718. The molecule has 2 rings (SSSR count). The summed E-state index contributed by atoms with van der Waals surface area (Å²) in [5, 5.41) is 48.5. The maximum atomic E-state index is 10.8. The van der Waals surface area contributed by atoms with Crippen LogP contribution in [-0.2, 0) is 14.3 Å². The molecule has 11 heteroatoms. The number of hydrogen-bond acceptors (Lipinski definition) is 9. The number of aliphatic hydroxyl groups is 4. The Bertz CT molecular complexity index is 818. The summed E-state index contributed by atoms with van der Waals surface area (Å²) in [7, 11) is 0. The van der Waals surface area contributed by atoms with Crippen LogP contribution in [0.4, 0.5) is 0 Å². The number of unbranched alkanes of at least 4 members (excludes halogenated alkanes) is 7. The number of carboxylic acid groups (broad SMARTS) is 2. The Kier molecular flexibility index (Phi) is 35.2. The average molecular weight is 645 g/mol. The highest BCUT2D eigenvalue weighted by Gasteiger charge is 2.28. The van der Waals surface area contributed by atoms with Crippen LogP contribution in [0.2, 0.25) is 0 Å². The van der Waals surface area contributed by atoms with Crippen molar-refractivity contribution in [3.63, 3.8) is 0 Å². The molecule has 0 spiro atoms. The van der Waals surface area contributed by atoms with Gasteiger partial charge >= 0.3 is 23.9 Å². The minimum Gasteiger partial charge on any atom is -0.481 e. The lowest BCUT2D eigenvalue weighted by molar-refractivity contribution is -0.139. The molecule has 1 aliphatic heterocycles. The third kappa shape index (κ3) is 35.5. The first-order valence-electron chi connectivity index (χ1n) is 16.1. The molecule has 11 nitrogen and oxygen atoms in total. The van der Waals surface area contributed by atoms with Crippen molar-refractivity contribution >= 4 is 23.9 Å². The first-order chi connectivity index (χ1) is 21.4. The minimum absolute atomic E-state index is 0.0628. The number of fused-ring (bicyclic) bond motifs is 1. The number of aliphatic hydroxyl groups excluding tert-OH is 4. The van der Waals surface area contributed by atoms with Crippen molar-refractivity contribution in [1.29, 1.82) is 0 Å². The van der Waals surface area contributed by atoms with Gasteiger partial charge in [0.25, 0.3) is 0 Å². The Morgan fingerprint density at radius 2 is 0.889 bits per heavy atom. The van der Waals surface area contributed by atoms with E-state index in [9.17, 15) is 19.2 Å². The van der Waals surface area contributed by atoms with E-state index in [0.717, 1.165) is 24.7 Å². The Balaban J connectivity index is -0.000000504. The summed E-state index contributed by atoms with van der Waals surface area (Å²) in [6.07, 6.45) is 13.3. The van der Waals surface area contributed by atoms with Crippen molar-refractivity contribution in [2.45, 2.75) is 118 Å². The quantitative estimate of drug-likeness (QED) is 0.0636. The Morgan fingerprint density at radius 3 is 1.20 bits per heavy atom. The van der Waals surface area contributed by atoms with Gasteiger partial charge in [0, 0.05) is 26.1 Å². The van der Waals surface area contributed by atoms with Crippen LogP contribution < -0.4 is 0 Å². The van der Waals surface area contributed by atoms with Crippen molar-refractivity contribution in [3.8, 4) is 0 Å². The average Bonchev–Trinajstić information content (AvgIpc) is 3.29. The molecule has 1 aromatic rings. The molecule has 0 saturated carbocycles. The second kappa shape index (κ2) is 34.0. The zero-order valence-corrected chi connectivity index (χ0v) is 27.9. The van der Waals surface area contributed by atoms with Crippen molar-refractivity contribution in [2.75, 3.05) is 26.4 Å². The highest BCUT2D eigenvalue weighted by atomic mass is 16.6. The van der Waals surface area contributed by atoms with Gasteiger partial charge in [-0.2, -0.15) is 0 Å². The van der Waals surface area contributed by atoms with Crippen molar-refractivity contribution in [3.05, 3.63) is 35.4 Å². The number of hydrogen-bond donors (Lipinski definition) is 6. The normalized spacial score (nSPS) is 11.1. The SMILES string of the molecule is CC(C)CCCCCCCO.CC(C)CCCCCO.O=C(O)CCCCC(=O)O.O=C1OC(=O)c2ccccc21.OCCO. The maximum absolute atomic E-state index is 10.8. The summed E-state index contributed by atoms with van der Waals surface area (Å²) >= 11 is 0. The van der Waals surface area contributed by atoms with Crippen LogP contribution in [0.3, 0.4) is 0 Å². The van der Waals surface area contributed by atoms with Gasteiger partial charge in [-0.3, -0.25) is 9.59 Å². The molecular weight excluding hydrogens is 584 g/mol. The Hall–Kier alpha value is -2.86. The van der Waals surface area contributed by atoms with Gasteiger partial charge in [-0.05, 0) is 49.7 Å². The van der Waals surface area contributed by atoms with E-state index in [-0.39, 0.29) is 26.1 Å². The highest BCUT2D eigenvalue weighted by molar-refractivity contribution is 6.14. The van der Waals surface area contributed by atoms with Crippen LogP contribution in [0.15, 0.2) is 24.3 Å². The monoisotopic (exact) mass is 644 g/mol. The van der Waals surface area contributed by atoms with Crippen molar-refractivity contribution in [1.82, 2.24) is 0 Å². The smallest absolute Gasteiger partial charge is 0.346 e. The number of carboxylic acids is 2. The van der Waals surface area contributed by atoms with Gasteiger partial charge in [0.2, 0.25) is 0 Å². The number of carbonyl (C=O) groups excluding carboxylic acids is 2. The molecule has 0 aromatic heterocycles. The number of esters is 2. The molecule has 1 heterocycles. The van der Waals surface area contributed by atoms with Gasteiger partial charge < -0.3 is 35.4 Å². The molecule has 45 heavy (non-hydrogen) atoms. The van der Waals surface area contributed by atoms with Crippen molar-refractivity contribution < 1.29 is 54.6 Å². The molecule has 0 atom stereocenters. The molecule has 0 radical (unpaired) electrons. The second-order valence-corrected chi connectivity index (χ2v) is 11.3. The third-order valence-electron chi connectivity index (χ3n) is 6.06. The predicted octanol–water partition coefficient (Wildman–Crippen LogP) is 5.85. The fraction of sp³-hybridized carbons (Fsp3) is 0.706. The summed E-state index contributed by atoms with van der Waals surface area (Å²) in [6, 6.07) is 6.53. The van der Waals surface area contributed by atoms with E-state index in [1.807, 2.05) is 0 Å². The van der Waals surface area contributed by atoms with E-state index in [4.69, 9.17) is 30.6 Å². The molecule has 0 aliphatic carbocycles. The van der Waals surface area contributed by atoms with Crippen LogP contribution in [0.1, 0.15) is 138 Å². The molecule has 1 aromatic carbocycles. The first kappa shape index (κ1) is 46.6. The first-order valence-corrected chi connectivity index (χ1v) is 16.1. The van der Waals surface area contributed by atoms with Gasteiger partial charge in [-0.1, -0.05) is 91.2 Å². The molecule has 0 fully saturated rings. The molecule has 1 aliphatic rings. The molecule has 0 bridgehead atoms. The topological polar surface area (TPSA) is 199 Å². The minimum atomic E-state index is -0.870. The van der Waals surface area contributed by atoms with Gasteiger partial charge in [0.15, 0.2) is 0 Å². The number of carbonyl (C=O) groups is 4. The number of rotatable bonds is 18. The lowest BCUT2D eigenvalue weighted by Gasteiger charge is -2.03. The number of cyclic esters (lactones) is 2. The van der Waals surface area contributed by atoms with E-state index in [1.165, 1.54) is 51.4 Å². The number of aliphatic carboxylic acids is 2. The summed E-state index contributed by atoms with van der Waals surface area (Å²) in [4.78, 5) is 41.5. The molecule has 0 amide bonds. The summed E-state index contributed by atoms with van der Waals surface area (Å²) in [6.45, 7) is 9.49. The second-order valence-electron chi connectivity index (χ2n) is 11.3. The Labute approximate surface area is 269 Å².